The van der Waals surface area contributed by atoms with E-state index in [9.17, 15) is 9.59 Å². The van der Waals surface area contributed by atoms with Gasteiger partial charge in [-0.1, -0.05) is 50.6 Å². The minimum Gasteiger partial charge on any atom is -0.333 e. The normalized spacial score (nSPS) is 23.5. The van der Waals surface area contributed by atoms with Crippen LogP contribution in [0.15, 0.2) is 30.3 Å². The van der Waals surface area contributed by atoms with E-state index in [2.05, 4.69) is 48.4 Å². The number of carbonyl (C=O) groups is 2. The first-order chi connectivity index (χ1) is 14.1. The number of hydrogen-bond donors (Lipinski definition) is 2. The van der Waals surface area contributed by atoms with Crippen molar-refractivity contribution < 1.29 is 9.59 Å². The second kappa shape index (κ2) is 8.58. The molecule has 1 spiro atoms. The van der Waals surface area contributed by atoms with Crippen LogP contribution in [-0.4, -0.2) is 52.1 Å². The molecule has 3 unspecified atom stereocenters. The third-order valence-electron chi connectivity index (χ3n) is 6.63. The number of nitrogens with zero attached hydrogens (tertiary/aromatic N) is 2. The molecular weight excluding hydrogens is 376 g/mol. The quantitative estimate of drug-likeness (QED) is 0.785. The van der Waals surface area contributed by atoms with Crippen LogP contribution in [-0.2, 0) is 4.79 Å². The van der Waals surface area contributed by atoms with Crippen molar-refractivity contribution in [2.24, 2.45) is 5.92 Å². The number of likely N-dealkylation sites (tertiary alicyclic amines) is 1. The van der Waals surface area contributed by atoms with Crippen molar-refractivity contribution in [2.75, 3.05) is 13.1 Å². The Labute approximate surface area is 181 Å². The standard InChI is InChI=1S/C24H38N4O2/c1-7-17(2)20-21(29)28(18(3)19-11-9-8-10-12-19)24(25-20)13-15-27(16-14-24)22(30)26-23(4,5)6/h8-12,17-18,20,25H,7,13-16H2,1-6H3,(H,26,30). The molecule has 0 radical (unpaired) electrons. The van der Waals surface area contributed by atoms with Gasteiger partial charge in [0.25, 0.3) is 0 Å². The summed E-state index contributed by atoms with van der Waals surface area (Å²) in [6.07, 6.45) is 2.42. The molecule has 30 heavy (non-hydrogen) atoms. The molecule has 0 bridgehead atoms. The van der Waals surface area contributed by atoms with Crippen LogP contribution in [0.4, 0.5) is 4.79 Å². The van der Waals surface area contributed by atoms with E-state index in [1.54, 1.807) is 0 Å². The van der Waals surface area contributed by atoms with E-state index in [0.717, 1.165) is 24.8 Å². The van der Waals surface area contributed by atoms with Crippen molar-refractivity contribution in [1.82, 2.24) is 20.4 Å². The topological polar surface area (TPSA) is 64.7 Å². The largest absolute Gasteiger partial charge is 0.333 e. The van der Waals surface area contributed by atoms with Crippen LogP contribution in [0.2, 0.25) is 0 Å². The molecule has 166 valence electrons. The third-order valence-corrected chi connectivity index (χ3v) is 6.63. The molecule has 2 fully saturated rings. The number of hydrogen-bond acceptors (Lipinski definition) is 3. The SMILES string of the molecule is CCC(C)C1NC2(CCN(C(=O)NC(C)(C)C)CC2)N(C(C)c2ccccc2)C1=O. The van der Waals surface area contributed by atoms with Crippen LogP contribution < -0.4 is 10.6 Å². The highest BCUT2D eigenvalue weighted by molar-refractivity contribution is 5.86. The van der Waals surface area contributed by atoms with E-state index in [4.69, 9.17) is 0 Å². The van der Waals surface area contributed by atoms with E-state index in [1.807, 2.05) is 43.9 Å². The maximum atomic E-state index is 13.6. The maximum absolute atomic E-state index is 13.6. The molecule has 0 aromatic heterocycles. The summed E-state index contributed by atoms with van der Waals surface area (Å²) in [6.45, 7) is 13.6. The molecule has 3 amide bonds. The molecule has 2 saturated heterocycles. The molecule has 0 saturated carbocycles. The second-order valence-electron chi connectivity index (χ2n) is 10.0. The van der Waals surface area contributed by atoms with Crippen LogP contribution >= 0.6 is 0 Å². The van der Waals surface area contributed by atoms with Crippen LogP contribution in [0, 0.1) is 5.92 Å². The molecule has 6 heteroatoms. The lowest BCUT2D eigenvalue weighted by molar-refractivity contribution is -0.136. The van der Waals surface area contributed by atoms with Gasteiger partial charge in [0.05, 0.1) is 17.7 Å². The van der Waals surface area contributed by atoms with E-state index in [1.165, 1.54) is 0 Å². The smallest absolute Gasteiger partial charge is 0.317 e. The number of nitrogens with one attached hydrogen (secondary N) is 2. The fraction of sp³-hybridized carbons (Fsp3) is 0.667. The molecule has 2 aliphatic rings. The van der Waals surface area contributed by atoms with Crippen LogP contribution in [0.25, 0.3) is 0 Å². The second-order valence-corrected chi connectivity index (χ2v) is 10.0. The van der Waals surface area contributed by atoms with Gasteiger partial charge < -0.3 is 15.1 Å². The zero-order valence-corrected chi connectivity index (χ0v) is 19.4. The number of urea groups is 1. The summed E-state index contributed by atoms with van der Waals surface area (Å²) in [5.41, 5.74) is 0.479. The molecule has 0 aliphatic carbocycles. The summed E-state index contributed by atoms with van der Waals surface area (Å²) in [5, 5.41) is 6.79. The average molecular weight is 415 g/mol. The fourth-order valence-corrected chi connectivity index (χ4v) is 4.71. The molecule has 2 aliphatic heterocycles. The van der Waals surface area contributed by atoms with Gasteiger partial charge in [0.2, 0.25) is 5.91 Å². The Kier molecular flexibility index (Phi) is 6.46. The van der Waals surface area contributed by atoms with Gasteiger partial charge in [-0.15, -0.1) is 0 Å². The summed E-state index contributed by atoms with van der Waals surface area (Å²) in [6, 6.07) is 10.0. The number of piperidine rings is 1. The molecule has 1 aromatic rings. The summed E-state index contributed by atoms with van der Waals surface area (Å²) in [4.78, 5) is 30.2. The molecule has 2 heterocycles. The molecule has 1 aromatic carbocycles. The van der Waals surface area contributed by atoms with Crippen molar-refractivity contribution >= 4 is 11.9 Å². The number of benzene rings is 1. The van der Waals surface area contributed by atoms with Gasteiger partial charge in [-0.25, -0.2) is 4.79 Å². The lowest BCUT2D eigenvalue weighted by atomic mass is 9.93. The zero-order valence-electron chi connectivity index (χ0n) is 19.4. The van der Waals surface area contributed by atoms with Crippen LogP contribution in [0.5, 0.6) is 0 Å². The highest BCUT2D eigenvalue weighted by atomic mass is 16.2. The Balaban J connectivity index is 1.83. The molecule has 2 N–H and O–H groups in total. The van der Waals surface area contributed by atoms with Crippen molar-refractivity contribution in [1.29, 1.82) is 0 Å². The Morgan fingerprint density at radius 1 is 1.20 bits per heavy atom. The number of rotatable bonds is 4. The van der Waals surface area contributed by atoms with Crippen LogP contribution in [0.1, 0.15) is 72.4 Å². The first-order valence-electron chi connectivity index (χ1n) is 11.3. The maximum Gasteiger partial charge on any atom is 0.317 e. The first kappa shape index (κ1) is 22.6. The van der Waals surface area contributed by atoms with Gasteiger partial charge >= 0.3 is 6.03 Å². The average Bonchev–Trinajstić information content (AvgIpc) is 2.98. The van der Waals surface area contributed by atoms with Gasteiger partial charge in [0.1, 0.15) is 0 Å². The summed E-state index contributed by atoms with van der Waals surface area (Å²) in [7, 11) is 0. The first-order valence-corrected chi connectivity index (χ1v) is 11.3. The van der Waals surface area contributed by atoms with Gasteiger partial charge in [0.15, 0.2) is 0 Å². The summed E-state index contributed by atoms with van der Waals surface area (Å²) < 4.78 is 0. The van der Waals surface area contributed by atoms with E-state index < -0.39 is 5.66 Å². The van der Waals surface area contributed by atoms with Gasteiger partial charge in [-0.2, -0.15) is 0 Å². The molecule has 3 atom stereocenters. The van der Waals surface area contributed by atoms with Crippen molar-refractivity contribution in [2.45, 2.75) is 84.1 Å². The van der Waals surface area contributed by atoms with Gasteiger partial charge in [-0.05, 0) is 39.2 Å². The van der Waals surface area contributed by atoms with Gasteiger partial charge in [-0.3, -0.25) is 10.1 Å². The Bertz CT molecular complexity index is 750. The van der Waals surface area contributed by atoms with Gasteiger partial charge in [0, 0.05) is 31.5 Å². The number of amides is 3. The molecule has 6 nitrogen and oxygen atoms in total. The van der Waals surface area contributed by atoms with Crippen molar-refractivity contribution in [3.8, 4) is 0 Å². The van der Waals surface area contributed by atoms with Crippen LogP contribution in [0.3, 0.4) is 0 Å². The Hall–Kier alpha value is -2.08. The highest BCUT2D eigenvalue weighted by Gasteiger charge is 2.54. The lowest BCUT2D eigenvalue weighted by Crippen LogP contribution is -2.61. The predicted molar refractivity (Wildman–Crippen MR) is 120 cm³/mol. The van der Waals surface area contributed by atoms with E-state index >= 15 is 0 Å². The monoisotopic (exact) mass is 414 g/mol. The van der Waals surface area contributed by atoms with E-state index in [0.29, 0.717) is 13.1 Å². The minimum atomic E-state index is -0.404. The molecular formula is C24H38N4O2. The molecule has 3 rings (SSSR count). The van der Waals surface area contributed by atoms with E-state index in [-0.39, 0.29) is 35.5 Å². The minimum absolute atomic E-state index is 0.0183. The highest BCUT2D eigenvalue weighted by Crippen LogP contribution is 2.40. The fourth-order valence-electron chi connectivity index (χ4n) is 4.71. The lowest BCUT2D eigenvalue weighted by Gasteiger charge is -2.47. The summed E-state index contributed by atoms with van der Waals surface area (Å²) >= 11 is 0. The number of carbonyl (C=O) groups excluding carboxylic acids is 2. The Morgan fingerprint density at radius 3 is 2.33 bits per heavy atom. The Morgan fingerprint density at radius 2 is 1.80 bits per heavy atom. The predicted octanol–water partition coefficient (Wildman–Crippen LogP) is 3.89. The van der Waals surface area contributed by atoms with Crippen molar-refractivity contribution in [3.05, 3.63) is 35.9 Å². The summed E-state index contributed by atoms with van der Waals surface area (Å²) in [5.74, 6) is 0.456. The van der Waals surface area contributed by atoms with Crippen molar-refractivity contribution in [3.63, 3.8) is 0 Å². The zero-order chi connectivity index (χ0) is 22.1. The third kappa shape index (κ3) is 4.48.